The molecule has 2 aliphatic heterocycles. The summed E-state index contributed by atoms with van der Waals surface area (Å²) in [6.07, 6.45) is 0. The Kier molecular flexibility index (Phi) is 3.21. The van der Waals surface area contributed by atoms with Crippen LogP contribution in [0.3, 0.4) is 0 Å². The van der Waals surface area contributed by atoms with Crippen molar-refractivity contribution in [3.63, 3.8) is 0 Å². The highest BCUT2D eigenvalue weighted by molar-refractivity contribution is 7.17. The monoisotopic (exact) mass is 347 g/mol. The van der Waals surface area contributed by atoms with Gasteiger partial charge in [0.25, 0.3) is 5.91 Å². The van der Waals surface area contributed by atoms with E-state index in [2.05, 4.69) is 4.98 Å². The van der Waals surface area contributed by atoms with Gasteiger partial charge < -0.3 is 19.9 Å². The molecule has 2 aromatic heterocycles. The van der Waals surface area contributed by atoms with Crippen molar-refractivity contribution in [1.29, 1.82) is 0 Å². The molecule has 8 heteroatoms. The molecule has 0 spiro atoms. The van der Waals surface area contributed by atoms with E-state index >= 15 is 0 Å². The molecular weight excluding hydrogens is 330 g/mol. The van der Waals surface area contributed by atoms with Crippen LogP contribution in [0.1, 0.15) is 17.4 Å². The summed E-state index contributed by atoms with van der Waals surface area (Å²) in [6, 6.07) is 3.68. The van der Waals surface area contributed by atoms with Crippen LogP contribution >= 0.6 is 11.3 Å². The van der Waals surface area contributed by atoms with Gasteiger partial charge in [-0.3, -0.25) is 14.4 Å². The summed E-state index contributed by atoms with van der Waals surface area (Å²) in [4.78, 5) is 43.2. The summed E-state index contributed by atoms with van der Waals surface area (Å²) in [7, 11) is 0. The smallest absolute Gasteiger partial charge is 0.314 e. The average Bonchev–Trinajstić information content (AvgIpc) is 3.26. The molecule has 7 nitrogen and oxygen atoms in total. The van der Waals surface area contributed by atoms with E-state index in [0.717, 1.165) is 10.2 Å². The summed E-state index contributed by atoms with van der Waals surface area (Å²) in [5.41, 5.74) is 0.147. The number of thiophene rings is 1. The number of aliphatic carboxylic acids is 1. The number of hydrogen-bond acceptors (Lipinski definition) is 4. The third kappa shape index (κ3) is 1.92. The lowest BCUT2D eigenvalue weighted by Crippen LogP contribution is -2.42. The van der Waals surface area contributed by atoms with Gasteiger partial charge >= 0.3 is 5.97 Å². The fraction of sp³-hybridized carbons (Fsp3) is 0.438. The van der Waals surface area contributed by atoms with Gasteiger partial charge in [0, 0.05) is 26.2 Å². The third-order valence-electron chi connectivity index (χ3n) is 5.19. The summed E-state index contributed by atoms with van der Waals surface area (Å²) >= 11 is 1.54. The summed E-state index contributed by atoms with van der Waals surface area (Å²) < 4.78 is 0.985. The van der Waals surface area contributed by atoms with Crippen LogP contribution < -0.4 is 0 Å². The van der Waals surface area contributed by atoms with E-state index in [4.69, 9.17) is 0 Å². The number of nitrogens with one attached hydrogen (secondary N) is 1. The Hall–Kier alpha value is -2.35. The lowest BCUT2D eigenvalue weighted by atomic mass is 9.81. The van der Waals surface area contributed by atoms with Crippen molar-refractivity contribution in [3.05, 3.63) is 23.2 Å². The normalized spacial score (nSPS) is 26.4. The van der Waals surface area contributed by atoms with Crippen LogP contribution in [-0.4, -0.2) is 63.9 Å². The van der Waals surface area contributed by atoms with Crippen molar-refractivity contribution in [2.75, 3.05) is 26.2 Å². The highest BCUT2D eigenvalue weighted by Crippen LogP contribution is 2.44. The van der Waals surface area contributed by atoms with Crippen LogP contribution in [0, 0.1) is 11.3 Å². The molecule has 2 fully saturated rings. The Morgan fingerprint density at radius 3 is 2.88 bits per heavy atom. The fourth-order valence-corrected chi connectivity index (χ4v) is 4.65. The molecule has 0 saturated carbocycles. The Morgan fingerprint density at radius 1 is 1.46 bits per heavy atom. The van der Waals surface area contributed by atoms with Crippen molar-refractivity contribution in [2.24, 2.45) is 11.3 Å². The number of likely N-dealkylation sites (tertiary alicyclic amines) is 2. The number of aromatic amines is 1. The van der Waals surface area contributed by atoms with Gasteiger partial charge in [-0.25, -0.2) is 0 Å². The lowest BCUT2D eigenvalue weighted by molar-refractivity contribution is -0.149. The molecule has 2 aliphatic rings. The number of H-pyrrole nitrogens is 1. The molecule has 4 rings (SSSR count). The number of aromatic nitrogens is 1. The van der Waals surface area contributed by atoms with Crippen molar-refractivity contribution >= 4 is 39.3 Å². The van der Waals surface area contributed by atoms with E-state index in [1.54, 1.807) is 11.0 Å². The molecule has 0 bridgehead atoms. The first-order valence-corrected chi connectivity index (χ1v) is 8.72. The number of fused-ring (bicyclic) bond motifs is 2. The first kappa shape index (κ1) is 15.2. The third-order valence-corrected chi connectivity index (χ3v) is 6.05. The van der Waals surface area contributed by atoms with E-state index in [9.17, 15) is 19.5 Å². The van der Waals surface area contributed by atoms with Crippen molar-refractivity contribution in [3.8, 4) is 0 Å². The largest absolute Gasteiger partial charge is 0.481 e. The van der Waals surface area contributed by atoms with Crippen LogP contribution in [-0.2, 0) is 9.59 Å². The SMILES string of the molecule is CCN1C[C@@]2(C(=O)O)CN(C(=O)c3cc4sccc4[nH]3)C[C@H]2C1=O. The summed E-state index contributed by atoms with van der Waals surface area (Å²) in [6.45, 7) is 2.73. The first-order chi connectivity index (χ1) is 11.5. The van der Waals surface area contributed by atoms with Crippen LogP contribution in [0.5, 0.6) is 0 Å². The minimum absolute atomic E-state index is 0.0702. The van der Waals surface area contributed by atoms with Crippen molar-refractivity contribution in [2.45, 2.75) is 6.92 Å². The van der Waals surface area contributed by atoms with Crippen LogP contribution in [0.2, 0.25) is 0 Å². The highest BCUT2D eigenvalue weighted by atomic mass is 32.1. The number of amides is 2. The van der Waals surface area contributed by atoms with Crippen LogP contribution in [0.4, 0.5) is 0 Å². The zero-order valence-corrected chi connectivity index (χ0v) is 13.9. The van der Waals surface area contributed by atoms with Gasteiger partial charge in [-0.1, -0.05) is 0 Å². The second kappa shape index (κ2) is 5.07. The molecule has 24 heavy (non-hydrogen) atoms. The fourth-order valence-electron chi connectivity index (χ4n) is 3.86. The Labute approximate surface area is 141 Å². The van der Waals surface area contributed by atoms with E-state index in [1.165, 1.54) is 16.2 Å². The average molecular weight is 347 g/mol. The van der Waals surface area contributed by atoms with Gasteiger partial charge in [0.1, 0.15) is 11.1 Å². The summed E-state index contributed by atoms with van der Waals surface area (Å²) in [5, 5.41) is 11.7. The maximum atomic E-state index is 12.7. The highest BCUT2D eigenvalue weighted by Gasteiger charge is 2.62. The minimum Gasteiger partial charge on any atom is -0.481 e. The molecule has 126 valence electrons. The number of carboxylic acids is 1. The van der Waals surface area contributed by atoms with Crippen LogP contribution in [0.15, 0.2) is 17.5 Å². The van der Waals surface area contributed by atoms with Crippen molar-refractivity contribution in [1.82, 2.24) is 14.8 Å². The molecule has 2 atom stereocenters. The zero-order valence-electron chi connectivity index (χ0n) is 13.1. The maximum Gasteiger partial charge on any atom is 0.314 e. The molecule has 2 aromatic rings. The minimum atomic E-state index is -1.19. The van der Waals surface area contributed by atoms with E-state index in [1.807, 2.05) is 18.4 Å². The number of carboxylic acid groups (broad SMARTS) is 1. The van der Waals surface area contributed by atoms with Gasteiger partial charge in [-0.15, -0.1) is 11.3 Å². The molecule has 0 aromatic carbocycles. The lowest BCUT2D eigenvalue weighted by Gasteiger charge is -2.24. The Balaban J connectivity index is 1.63. The molecular formula is C16H17N3O4S. The topological polar surface area (TPSA) is 93.7 Å². The number of rotatable bonds is 3. The summed E-state index contributed by atoms with van der Waals surface area (Å²) in [5.74, 6) is -2.07. The van der Waals surface area contributed by atoms with Gasteiger partial charge in [0.2, 0.25) is 5.91 Å². The quantitative estimate of drug-likeness (QED) is 0.873. The number of carbonyl (C=O) groups excluding carboxylic acids is 2. The van der Waals surface area contributed by atoms with Crippen molar-refractivity contribution < 1.29 is 19.5 Å². The molecule has 0 unspecified atom stereocenters. The van der Waals surface area contributed by atoms with E-state index in [-0.39, 0.29) is 31.4 Å². The van der Waals surface area contributed by atoms with Gasteiger partial charge in [0.15, 0.2) is 0 Å². The predicted octanol–water partition coefficient (Wildman–Crippen LogP) is 1.23. The standard InChI is InChI=1S/C16H17N3O4S/c1-2-18-7-16(15(22)23)8-19(6-9(16)13(18)20)14(21)11-5-12-10(17-11)3-4-24-12/h3-5,9,17H,2,6-8H2,1H3,(H,22,23)/t9-,16+/m0/s1. The second-order valence-electron chi connectivity index (χ2n) is 6.43. The Bertz CT molecular complexity index is 828. The molecule has 4 heterocycles. The van der Waals surface area contributed by atoms with Crippen LogP contribution in [0.25, 0.3) is 10.2 Å². The number of hydrogen-bond donors (Lipinski definition) is 2. The zero-order chi connectivity index (χ0) is 17.1. The number of nitrogens with zero attached hydrogens (tertiary/aromatic N) is 2. The molecule has 2 amide bonds. The molecule has 2 N–H and O–H groups in total. The van der Waals surface area contributed by atoms with Gasteiger partial charge in [-0.2, -0.15) is 0 Å². The molecule has 0 radical (unpaired) electrons. The van der Waals surface area contributed by atoms with Gasteiger partial charge in [-0.05, 0) is 24.4 Å². The van der Waals surface area contributed by atoms with E-state index in [0.29, 0.717) is 12.2 Å². The molecule has 0 aliphatic carbocycles. The second-order valence-corrected chi connectivity index (χ2v) is 7.38. The molecule has 2 saturated heterocycles. The number of carbonyl (C=O) groups is 3. The van der Waals surface area contributed by atoms with Gasteiger partial charge in [0.05, 0.1) is 16.1 Å². The van der Waals surface area contributed by atoms with E-state index < -0.39 is 17.3 Å². The maximum absolute atomic E-state index is 12.7. The first-order valence-electron chi connectivity index (χ1n) is 7.84. The predicted molar refractivity (Wildman–Crippen MR) is 87.9 cm³/mol. The Morgan fingerprint density at radius 2 is 2.25 bits per heavy atom.